The van der Waals surface area contributed by atoms with Crippen molar-refractivity contribution in [2.24, 2.45) is 0 Å². The number of amides is 1. The Bertz CT molecular complexity index is 1220. The van der Waals surface area contributed by atoms with Gasteiger partial charge in [0.2, 0.25) is 0 Å². The third-order valence-electron chi connectivity index (χ3n) is 5.17. The van der Waals surface area contributed by atoms with Gasteiger partial charge in [0.15, 0.2) is 0 Å². The van der Waals surface area contributed by atoms with Crippen molar-refractivity contribution in [3.05, 3.63) is 106 Å². The summed E-state index contributed by atoms with van der Waals surface area (Å²) >= 11 is 6.52. The zero-order chi connectivity index (χ0) is 21.8. The monoisotopic (exact) mass is 430 g/mol. The highest BCUT2D eigenvalue weighted by Crippen LogP contribution is 2.26. The van der Waals surface area contributed by atoms with Crippen LogP contribution in [0.3, 0.4) is 0 Å². The van der Waals surface area contributed by atoms with Gasteiger partial charge in [-0.05, 0) is 48.9 Å². The molecule has 5 heteroatoms. The van der Waals surface area contributed by atoms with Crippen LogP contribution in [0.2, 0.25) is 5.15 Å². The SMILES string of the molecule is COc1ccc2nc(Cl)c(CN(Cc3cccc(C)c3)C(=O)c3ccccc3)cc2c1. The number of aryl methyl sites for hydroxylation is 1. The van der Waals surface area contributed by atoms with Crippen molar-refractivity contribution in [2.75, 3.05) is 7.11 Å². The van der Waals surface area contributed by atoms with E-state index in [2.05, 4.69) is 11.1 Å². The number of fused-ring (bicyclic) bond motifs is 1. The Kier molecular flexibility index (Phi) is 6.19. The first kappa shape index (κ1) is 20.9. The maximum absolute atomic E-state index is 13.4. The van der Waals surface area contributed by atoms with E-state index >= 15 is 0 Å². The van der Waals surface area contributed by atoms with Crippen molar-refractivity contribution >= 4 is 28.4 Å². The van der Waals surface area contributed by atoms with Crippen molar-refractivity contribution in [3.8, 4) is 5.75 Å². The molecule has 31 heavy (non-hydrogen) atoms. The highest BCUT2D eigenvalue weighted by Gasteiger charge is 2.19. The summed E-state index contributed by atoms with van der Waals surface area (Å²) in [4.78, 5) is 19.7. The first-order chi connectivity index (χ1) is 15.0. The fourth-order valence-electron chi connectivity index (χ4n) is 3.61. The van der Waals surface area contributed by atoms with Crippen molar-refractivity contribution in [2.45, 2.75) is 20.0 Å². The normalized spacial score (nSPS) is 10.8. The maximum atomic E-state index is 13.4. The van der Waals surface area contributed by atoms with Crippen LogP contribution in [0, 0.1) is 6.92 Å². The number of pyridine rings is 1. The van der Waals surface area contributed by atoms with Crippen LogP contribution in [0.15, 0.2) is 78.9 Å². The van der Waals surface area contributed by atoms with Gasteiger partial charge in [-0.15, -0.1) is 0 Å². The predicted molar refractivity (Wildman–Crippen MR) is 125 cm³/mol. The summed E-state index contributed by atoms with van der Waals surface area (Å²) < 4.78 is 5.33. The molecule has 0 aliphatic heterocycles. The van der Waals surface area contributed by atoms with Gasteiger partial charge < -0.3 is 9.64 Å². The van der Waals surface area contributed by atoms with Crippen molar-refractivity contribution in [1.82, 2.24) is 9.88 Å². The molecule has 0 saturated heterocycles. The number of hydrogen-bond acceptors (Lipinski definition) is 3. The van der Waals surface area contributed by atoms with Crippen LogP contribution < -0.4 is 4.74 Å². The Morgan fingerprint density at radius 2 is 1.77 bits per heavy atom. The van der Waals surface area contributed by atoms with E-state index in [0.29, 0.717) is 23.8 Å². The Labute approximate surface area is 187 Å². The average molecular weight is 431 g/mol. The lowest BCUT2D eigenvalue weighted by atomic mass is 10.1. The molecule has 0 saturated carbocycles. The van der Waals surface area contributed by atoms with Crippen LogP contribution in [0.5, 0.6) is 5.75 Å². The summed E-state index contributed by atoms with van der Waals surface area (Å²) in [7, 11) is 1.63. The zero-order valence-electron chi connectivity index (χ0n) is 17.5. The number of methoxy groups -OCH3 is 1. The molecular formula is C26H23ClN2O2. The summed E-state index contributed by atoms with van der Waals surface area (Å²) in [5.41, 5.74) is 4.44. The van der Waals surface area contributed by atoms with Gasteiger partial charge in [-0.25, -0.2) is 4.98 Å². The van der Waals surface area contributed by atoms with E-state index < -0.39 is 0 Å². The molecule has 4 aromatic rings. The van der Waals surface area contributed by atoms with Crippen molar-refractivity contribution in [1.29, 1.82) is 0 Å². The minimum Gasteiger partial charge on any atom is -0.497 e. The van der Waals surface area contributed by atoms with Gasteiger partial charge in [0.1, 0.15) is 10.9 Å². The van der Waals surface area contributed by atoms with Gasteiger partial charge >= 0.3 is 0 Å². The molecule has 0 atom stereocenters. The average Bonchev–Trinajstić information content (AvgIpc) is 2.79. The summed E-state index contributed by atoms with van der Waals surface area (Å²) in [5, 5.41) is 1.31. The van der Waals surface area contributed by atoms with Crippen LogP contribution >= 0.6 is 11.6 Å². The van der Waals surface area contributed by atoms with E-state index in [9.17, 15) is 4.79 Å². The molecule has 156 valence electrons. The molecule has 0 unspecified atom stereocenters. The van der Waals surface area contributed by atoms with Crippen LogP contribution in [0.25, 0.3) is 10.9 Å². The molecule has 1 aromatic heterocycles. The van der Waals surface area contributed by atoms with Gasteiger partial charge in [0, 0.05) is 29.6 Å². The maximum Gasteiger partial charge on any atom is 0.254 e. The molecule has 4 nitrogen and oxygen atoms in total. The summed E-state index contributed by atoms with van der Waals surface area (Å²) in [5.74, 6) is 0.698. The van der Waals surface area contributed by atoms with Gasteiger partial charge in [-0.3, -0.25) is 4.79 Å². The number of aromatic nitrogens is 1. The van der Waals surface area contributed by atoms with E-state index in [1.54, 1.807) is 12.0 Å². The molecule has 1 amide bonds. The first-order valence-corrected chi connectivity index (χ1v) is 10.4. The summed E-state index contributed by atoms with van der Waals surface area (Å²) in [6.45, 7) is 2.87. The third kappa shape index (κ3) is 4.86. The molecule has 0 N–H and O–H groups in total. The number of rotatable bonds is 6. The predicted octanol–water partition coefficient (Wildman–Crippen LogP) is 6.05. The van der Waals surface area contributed by atoms with Gasteiger partial charge in [0.25, 0.3) is 5.91 Å². The Hall–Kier alpha value is -3.37. The van der Waals surface area contributed by atoms with Crippen LogP contribution in [-0.2, 0) is 13.1 Å². The highest BCUT2D eigenvalue weighted by atomic mass is 35.5. The van der Waals surface area contributed by atoms with Gasteiger partial charge in [-0.2, -0.15) is 0 Å². The molecule has 3 aromatic carbocycles. The number of carbonyl (C=O) groups is 1. The Morgan fingerprint density at radius 1 is 0.968 bits per heavy atom. The van der Waals surface area contributed by atoms with E-state index in [4.69, 9.17) is 16.3 Å². The standard InChI is InChI=1S/C26H23ClN2O2/c1-18-7-6-8-19(13-18)16-29(26(30)20-9-4-3-5-10-20)17-22-14-21-15-23(31-2)11-12-24(21)28-25(22)27/h3-15H,16-17H2,1-2H3. The number of benzene rings is 3. The van der Waals surface area contributed by atoms with Crippen LogP contribution in [0.4, 0.5) is 0 Å². The third-order valence-corrected chi connectivity index (χ3v) is 5.50. The second kappa shape index (κ2) is 9.19. The fraction of sp³-hybridized carbons (Fsp3) is 0.154. The fourth-order valence-corrected chi connectivity index (χ4v) is 3.82. The Morgan fingerprint density at radius 3 is 2.52 bits per heavy atom. The minimum atomic E-state index is -0.0519. The summed E-state index contributed by atoms with van der Waals surface area (Å²) in [6, 6.07) is 25.1. The Balaban J connectivity index is 1.71. The number of nitrogens with zero attached hydrogens (tertiary/aromatic N) is 2. The molecule has 0 bridgehead atoms. The number of hydrogen-bond donors (Lipinski definition) is 0. The second-order valence-electron chi connectivity index (χ2n) is 7.51. The van der Waals surface area contributed by atoms with Crippen molar-refractivity contribution < 1.29 is 9.53 Å². The molecule has 0 fully saturated rings. The lowest BCUT2D eigenvalue weighted by Gasteiger charge is -2.24. The zero-order valence-corrected chi connectivity index (χ0v) is 18.3. The summed E-state index contributed by atoms with van der Waals surface area (Å²) in [6.07, 6.45) is 0. The lowest BCUT2D eigenvalue weighted by molar-refractivity contribution is 0.0730. The van der Waals surface area contributed by atoms with Gasteiger partial charge in [-0.1, -0.05) is 59.6 Å². The smallest absolute Gasteiger partial charge is 0.254 e. The topological polar surface area (TPSA) is 42.4 Å². The lowest BCUT2D eigenvalue weighted by Crippen LogP contribution is -2.30. The van der Waals surface area contributed by atoms with Crippen molar-refractivity contribution in [3.63, 3.8) is 0 Å². The number of halogens is 1. The molecule has 0 spiro atoms. The largest absolute Gasteiger partial charge is 0.497 e. The molecule has 0 radical (unpaired) electrons. The van der Waals surface area contributed by atoms with E-state index in [1.165, 1.54) is 0 Å². The number of carbonyl (C=O) groups excluding carboxylic acids is 1. The second-order valence-corrected chi connectivity index (χ2v) is 7.87. The molecule has 4 rings (SSSR count). The van der Waals surface area contributed by atoms with E-state index in [1.807, 2.05) is 79.7 Å². The van der Waals surface area contributed by atoms with E-state index in [-0.39, 0.29) is 5.91 Å². The molecule has 1 heterocycles. The quantitative estimate of drug-likeness (QED) is 0.350. The molecular weight excluding hydrogens is 408 g/mol. The van der Waals surface area contributed by atoms with E-state index in [0.717, 1.165) is 33.3 Å². The molecule has 0 aliphatic rings. The van der Waals surface area contributed by atoms with Crippen LogP contribution in [0.1, 0.15) is 27.0 Å². The molecule has 0 aliphatic carbocycles. The van der Waals surface area contributed by atoms with Crippen LogP contribution in [-0.4, -0.2) is 22.9 Å². The minimum absolute atomic E-state index is 0.0519. The highest BCUT2D eigenvalue weighted by molar-refractivity contribution is 6.30. The van der Waals surface area contributed by atoms with Gasteiger partial charge in [0.05, 0.1) is 12.6 Å². The number of ether oxygens (including phenoxy) is 1. The first-order valence-electron chi connectivity index (χ1n) is 10.1.